The van der Waals surface area contributed by atoms with E-state index in [2.05, 4.69) is 5.32 Å². The highest BCUT2D eigenvalue weighted by Crippen LogP contribution is 2.23. The molecule has 25 heavy (non-hydrogen) atoms. The summed E-state index contributed by atoms with van der Waals surface area (Å²) >= 11 is 5.87. The molecular formula is C17H18ClFN2O3S. The Kier molecular flexibility index (Phi) is 6.16. The van der Waals surface area contributed by atoms with E-state index in [0.29, 0.717) is 13.1 Å². The molecule has 0 atom stereocenters. The Morgan fingerprint density at radius 1 is 1.16 bits per heavy atom. The lowest BCUT2D eigenvalue weighted by molar-refractivity contribution is 0.102. The zero-order valence-corrected chi connectivity index (χ0v) is 15.4. The first-order valence-electron chi connectivity index (χ1n) is 7.66. The monoisotopic (exact) mass is 384 g/mol. The van der Waals surface area contributed by atoms with Gasteiger partial charge >= 0.3 is 0 Å². The number of nitrogens with one attached hydrogen (secondary N) is 1. The van der Waals surface area contributed by atoms with Crippen molar-refractivity contribution in [3.05, 3.63) is 58.9 Å². The number of carbonyl (C=O) groups is 1. The van der Waals surface area contributed by atoms with E-state index in [1.165, 1.54) is 40.7 Å². The first-order chi connectivity index (χ1) is 11.8. The Morgan fingerprint density at radius 2 is 1.80 bits per heavy atom. The van der Waals surface area contributed by atoms with Gasteiger partial charge in [-0.05, 0) is 30.3 Å². The van der Waals surface area contributed by atoms with Crippen molar-refractivity contribution in [1.82, 2.24) is 4.31 Å². The van der Waals surface area contributed by atoms with Gasteiger partial charge in [-0.25, -0.2) is 12.8 Å². The molecule has 1 N–H and O–H groups in total. The summed E-state index contributed by atoms with van der Waals surface area (Å²) < 4.78 is 40.2. The second kappa shape index (κ2) is 7.95. The zero-order chi connectivity index (χ0) is 18.6. The molecule has 0 aliphatic rings. The van der Waals surface area contributed by atoms with Gasteiger partial charge in [0, 0.05) is 18.8 Å². The lowest BCUT2D eigenvalue weighted by Crippen LogP contribution is -2.30. The van der Waals surface area contributed by atoms with Crippen molar-refractivity contribution >= 4 is 33.2 Å². The summed E-state index contributed by atoms with van der Waals surface area (Å²) in [6.45, 7) is 4.15. The number of anilines is 1. The van der Waals surface area contributed by atoms with Crippen LogP contribution in [0, 0.1) is 5.82 Å². The van der Waals surface area contributed by atoms with Crippen LogP contribution in [0.2, 0.25) is 5.02 Å². The number of hydrogen-bond donors (Lipinski definition) is 1. The SMILES string of the molecule is CCN(CC)S(=O)(=O)c1cccc(NC(=O)c2c(F)cccc2Cl)c1. The van der Waals surface area contributed by atoms with Gasteiger partial charge < -0.3 is 5.32 Å². The van der Waals surface area contributed by atoms with Crippen molar-refractivity contribution in [1.29, 1.82) is 0 Å². The minimum atomic E-state index is -3.66. The van der Waals surface area contributed by atoms with Gasteiger partial charge in [0.2, 0.25) is 10.0 Å². The van der Waals surface area contributed by atoms with E-state index < -0.39 is 21.7 Å². The van der Waals surface area contributed by atoms with Crippen molar-refractivity contribution in [2.75, 3.05) is 18.4 Å². The van der Waals surface area contributed by atoms with Gasteiger partial charge in [0.05, 0.1) is 15.5 Å². The van der Waals surface area contributed by atoms with E-state index in [9.17, 15) is 17.6 Å². The molecule has 5 nitrogen and oxygen atoms in total. The summed E-state index contributed by atoms with van der Waals surface area (Å²) in [5, 5.41) is 2.46. The average Bonchev–Trinajstić information content (AvgIpc) is 2.55. The number of benzene rings is 2. The molecule has 0 saturated heterocycles. The fourth-order valence-corrected chi connectivity index (χ4v) is 4.11. The molecule has 8 heteroatoms. The highest BCUT2D eigenvalue weighted by molar-refractivity contribution is 7.89. The molecule has 0 heterocycles. The third-order valence-corrected chi connectivity index (χ3v) is 5.99. The van der Waals surface area contributed by atoms with Crippen molar-refractivity contribution in [2.45, 2.75) is 18.7 Å². The molecule has 0 bridgehead atoms. The normalized spacial score (nSPS) is 11.6. The maximum absolute atomic E-state index is 13.8. The highest BCUT2D eigenvalue weighted by atomic mass is 35.5. The molecule has 0 aliphatic carbocycles. The van der Waals surface area contributed by atoms with Gasteiger partial charge in [-0.15, -0.1) is 0 Å². The summed E-state index contributed by atoms with van der Waals surface area (Å²) in [6.07, 6.45) is 0. The Labute approximate surface area is 151 Å². The van der Waals surface area contributed by atoms with Crippen LogP contribution >= 0.6 is 11.6 Å². The van der Waals surface area contributed by atoms with Crippen LogP contribution in [0.4, 0.5) is 10.1 Å². The Balaban J connectivity index is 2.33. The summed E-state index contributed by atoms with van der Waals surface area (Å²) in [7, 11) is -3.66. The Hall–Kier alpha value is -1.96. The average molecular weight is 385 g/mol. The maximum Gasteiger partial charge on any atom is 0.260 e. The first kappa shape index (κ1) is 19.4. The number of hydrogen-bond acceptors (Lipinski definition) is 3. The van der Waals surface area contributed by atoms with Crippen LogP contribution in [0.25, 0.3) is 0 Å². The van der Waals surface area contributed by atoms with Crippen molar-refractivity contribution < 1.29 is 17.6 Å². The third kappa shape index (κ3) is 4.18. The standard InChI is InChI=1S/C17H18ClFN2O3S/c1-3-21(4-2)25(23,24)13-8-5-7-12(11-13)20-17(22)16-14(18)9-6-10-15(16)19/h5-11H,3-4H2,1-2H3,(H,20,22). The van der Waals surface area contributed by atoms with E-state index in [4.69, 9.17) is 11.6 Å². The number of sulfonamides is 1. The summed E-state index contributed by atoms with van der Waals surface area (Å²) in [5.74, 6) is -1.50. The number of halogens is 2. The van der Waals surface area contributed by atoms with Crippen LogP contribution in [0.5, 0.6) is 0 Å². The molecule has 0 unspecified atom stereocenters. The van der Waals surface area contributed by atoms with Gasteiger partial charge in [0.1, 0.15) is 5.82 Å². The lowest BCUT2D eigenvalue weighted by atomic mass is 10.2. The predicted molar refractivity (Wildman–Crippen MR) is 95.9 cm³/mol. The molecule has 0 spiro atoms. The quantitative estimate of drug-likeness (QED) is 0.824. The molecule has 2 aromatic rings. The van der Waals surface area contributed by atoms with E-state index >= 15 is 0 Å². The Morgan fingerprint density at radius 3 is 2.40 bits per heavy atom. The second-order valence-electron chi connectivity index (χ2n) is 5.17. The summed E-state index contributed by atoms with van der Waals surface area (Å²) in [6, 6.07) is 9.73. The Bertz CT molecular complexity index is 863. The van der Waals surface area contributed by atoms with E-state index in [1.807, 2.05) is 0 Å². The van der Waals surface area contributed by atoms with Crippen molar-refractivity contribution in [3.63, 3.8) is 0 Å². The zero-order valence-electron chi connectivity index (χ0n) is 13.8. The highest BCUT2D eigenvalue weighted by Gasteiger charge is 2.22. The van der Waals surface area contributed by atoms with Crippen molar-refractivity contribution in [3.8, 4) is 0 Å². The van der Waals surface area contributed by atoms with E-state index in [1.54, 1.807) is 13.8 Å². The third-order valence-electron chi connectivity index (χ3n) is 3.62. The molecular weight excluding hydrogens is 367 g/mol. The molecule has 0 fully saturated rings. The second-order valence-corrected chi connectivity index (χ2v) is 7.51. The van der Waals surface area contributed by atoms with Gasteiger partial charge in [-0.2, -0.15) is 4.31 Å². The van der Waals surface area contributed by atoms with Gasteiger partial charge in [-0.1, -0.05) is 37.6 Å². The van der Waals surface area contributed by atoms with Crippen LogP contribution in [-0.2, 0) is 10.0 Å². The minimum absolute atomic E-state index is 0.0237. The number of carbonyl (C=O) groups excluding carboxylic acids is 1. The summed E-state index contributed by atoms with van der Waals surface area (Å²) in [4.78, 5) is 12.3. The number of rotatable bonds is 6. The molecule has 0 aromatic heterocycles. The fraction of sp³-hybridized carbons (Fsp3) is 0.235. The van der Waals surface area contributed by atoms with Crippen LogP contribution < -0.4 is 5.32 Å². The summed E-state index contributed by atoms with van der Waals surface area (Å²) in [5.41, 5.74) is -0.0567. The molecule has 0 radical (unpaired) electrons. The molecule has 2 aromatic carbocycles. The topological polar surface area (TPSA) is 66.5 Å². The first-order valence-corrected chi connectivity index (χ1v) is 9.48. The lowest BCUT2D eigenvalue weighted by Gasteiger charge is -2.19. The molecule has 2 rings (SSSR count). The van der Waals surface area contributed by atoms with Crippen LogP contribution in [-0.4, -0.2) is 31.7 Å². The van der Waals surface area contributed by atoms with Crippen LogP contribution in [0.15, 0.2) is 47.4 Å². The van der Waals surface area contributed by atoms with Crippen LogP contribution in [0.3, 0.4) is 0 Å². The van der Waals surface area contributed by atoms with Gasteiger partial charge in [0.15, 0.2) is 0 Å². The van der Waals surface area contributed by atoms with E-state index in [0.717, 1.165) is 6.07 Å². The minimum Gasteiger partial charge on any atom is -0.322 e. The molecule has 1 amide bonds. The number of nitrogens with zero attached hydrogens (tertiary/aromatic N) is 1. The molecule has 0 aliphatic heterocycles. The van der Waals surface area contributed by atoms with Gasteiger partial charge in [0.25, 0.3) is 5.91 Å². The molecule has 0 saturated carbocycles. The van der Waals surface area contributed by atoms with Crippen molar-refractivity contribution in [2.24, 2.45) is 0 Å². The van der Waals surface area contributed by atoms with E-state index in [-0.39, 0.29) is 21.2 Å². The predicted octanol–water partition coefficient (Wildman–Crippen LogP) is 3.76. The number of amides is 1. The fourth-order valence-electron chi connectivity index (χ4n) is 2.36. The molecule has 134 valence electrons. The smallest absolute Gasteiger partial charge is 0.260 e. The maximum atomic E-state index is 13.8. The van der Waals surface area contributed by atoms with Crippen LogP contribution in [0.1, 0.15) is 24.2 Å². The largest absolute Gasteiger partial charge is 0.322 e. The van der Waals surface area contributed by atoms with Gasteiger partial charge in [-0.3, -0.25) is 4.79 Å².